The monoisotopic (exact) mass is 266 g/mol. The molecule has 2 aromatic heterocycles. The van der Waals surface area contributed by atoms with Crippen molar-refractivity contribution in [3.05, 3.63) is 32.7 Å². The van der Waals surface area contributed by atoms with Crippen molar-refractivity contribution in [2.24, 2.45) is 0 Å². The van der Waals surface area contributed by atoms with Crippen LogP contribution in [0, 0.1) is 0 Å². The second kappa shape index (κ2) is 4.76. The maximum Gasteiger partial charge on any atom is 0.361 e. The fourth-order valence-electron chi connectivity index (χ4n) is 1.35. The van der Waals surface area contributed by atoms with Crippen LogP contribution in [0.2, 0.25) is 0 Å². The molecule has 0 aliphatic carbocycles. The lowest BCUT2D eigenvalue weighted by Crippen LogP contribution is -2.28. The minimum Gasteiger partial charge on any atom is -0.461 e. The normalized spacial score (nSPS) is 10.4. The summed E-state index contributed by atoms with van der Waals surface area (Å²) in [7, 11) is 0. The average molecular weight is 266 g/mol. The van der Waals surface area contributed by atoms with Crippen molar-refractivity contribution >= 4 is 11.7 Å². The van der Waals surface area contributed by atoms with Gasteiger partial charge in [-0.3, -0.25) is 9.78 Å². The Morgan fingerprint density at radius 3 is 2.89 bits per heavy atom. The van der Waals surface area contributed by atoms with Gasteiger partial charge in [0.05, 0.1) is 18.5 Å². The number of H-pyrrole nitrogens is 2. The summed E-state index contributed by atoms with van der Waals surface area (Å²) in [6, 6.07) is 0. The van der Waals surface area contributed by atoms with Crippen LogP contribution >= 0.6 is 0 Å². The minimum absolute atomic E-state index is 0.0332. The standard InChI is InChI=1S/C9H10N6O4/c1-2-19-8(17)5-4(10)3-15(14-5)6-7(16)11-9(18)13-12-6/h3H,2,10H2,1H3,(H2,11,13,16,18). The van der Waals surface area contributed by atoms with Crippen LogP contribution in [0.3, 0.4) is 0 Å². The minimum atomic E-state index is -0.762. The Bertz CT molecular complexity index is 727. The largest absolute Gasteiger partial charge is 0.461 e. The van der Waals surface area contributed by atoms with Crippen molar-refractivity contribution < 1.29 is 9.53 Å². The molecule has 100 valence electrons. The number of rotatable bonds is 3. The van der Waals surface area contributed by atoms with E-state index < -0.39 is 17.2 Å². The number of nitrogen functional groups attached to an aromatic ring is 1. The van der Waals surface area contributed by atoms with Crippen molar-refractivity contribution in [1.29, 1.82) is 0 Å². The van der Waals surface area contributed by atoms with Gasteiger partial charge in [0.1, 0.15) is 0 Å². The van der Waals surface area contributed by atoms with E-state index >= 15 is 0 Å². The molecule has 10 heteroatoms. The molecule has 0 aliphatic rings. The van der Waals surface area contributed by atoms with Crippen LogP contribution in [-0.4, -0.2) is 37.5 Å². The number of ether oxygens (including phenoxy) is 1. The van der Waals surface area contributed by atoms with Gasteiger partial charge in [-0.05, 0) is 6.92 Å². The lowest BCUT2D eigenvalue weighted by atomic mass is 10.4. The van der Waals surface area contributed by atoms with E-state index in [1.807, 2.05) is 10.1 Å². The number of esters is 1. The van der Waals surface area contributed by atoms with Gasteiger partial charge in [0.25, 0.3) is 5.56 Å². The topological polar surface area (TPSA) is 149 Å². The van der Waals surface area contributed by atoms with E-state index in [1.165, 1.54) is 6.20 Å². The predicted molar refractivity (Wildman–Crippen MR) is 63.0 cm³/mol. The number of nitrogens with zero attached hydrogens (tertiary/aromatic N) is 3. The Hall–Kier alpha value is -2.91. The lowest BCUT2D eigenvalue weighted by molar-refractivity contribution is 0.0520. The Morgan fingerprint density at radius 2 is 2.26 bits per heavy atom. The molecule has 0 aromatic carbocycles. The second-order valence-corrected chi connectivity index (χ2v) is 3.43. The van der Waals surface area contributed by atoms with Crippen LogP contribution in [-0.2, 0) is 4.74 Å². The van der Waals surface area contributed by atoms with E-state index in [0.29, 0.717) is 0 Å². The molecule has 0 saturated heterocycles. The molecule has 10 nitrogen and oxygen atoms in total. The maximum absolute atomic E-state index is 11.5. The Kier molecular flexibility index (Phi) is 3.14. The third kappa shape index (κ3) is 2.36. The molecule has 2 aromatic rings. The first-order valence-electron chi connectivity index (χ1n) is 5.24. The summed E-state index contributed by atoms with van der Waals surface area (Å²) in [4.78, 5) is 35.8. The molecule has 0 fully saturated rings. The highest BCUT2D eigenvalue weighted by molar-refractivity contribution is 5.92. The van der Waals surface area contributed by atoms with Gasteiger partial charge in [-0.15, -0.1) is 5.10 Å². The van der Waals surface area contributed by atoms with Crippen molar-refractivity contribution in [2.75, 3.05) is 12.3 Å². The summed E-state index contributed by atoms with van der Waals surface area (Å²) >= 11 is 0. The SMILES string of the molecule is CCOC(=O)c1nn(-c2n[nH]c(=O)[nH]c2=O)cc1N. The van der Waals surface area contributed by atoms with Gasteiger partial charge in [0, 0.05) is 0 Å². The third-order valence-electron chi connectivity index (χ3n) is 2.12. The number of hydrogen-bond donors (Lipinski definition) is 3. The zero-order chi connectivity index (χ0) is 14.0. The van der Waals surface area contributed by atoms with Crippen molar-refractivity contribution in [2.45, 2.75) is 6.92 Å². The van der Waals surface area contributed by atoms with Crippen molar-refractivity contribution in [3.8, 4) is 5.82 Å². The first-order valence-corrected chi connectivity index (χ1v) is 5.24. The molecule has 0 saturated carbocycles. The van der Waals surface area contributed by atoms with E-state index in [2.05, 4.69) is 10.2 Å². The molecule has 2 heterocycles. The first-order chi connectivity index (χ1) is 9.02. The Balaban J connectivity index is 2.47. The molecule has 0 atom stereocenters. The van der Waals surface area contributed by atoms with Crippen molar-refractivity contribution in [3.63, 3.8) is 0 Å². The van der Waals surface area contributed by atoms with Crippen LogP contribution < -0.4 is 17.0 Å². The molecule has 0 spiro atoms. The van der Waals surface area contributed by atoms with Gasteiger partial charge in [0.15, 0.2) is 5.69 Å². The summed E-state index contributed by atoms with van der Waals surface area (Å²) in [5, 5.41) is 9.36. The number of anilines is 1. The Labute approximate surface area is 105 Å². The number of hydrogen-bond acceptors (Lipinski definition) is 7. The number of carbonyl (C=O) groups excluding carboxylic acids is 1. The fourth-order valence-corrected chi connectivity index (χ4v) is 1.35. The summed E-state index contributed by atoms with van der Waals surface area (Å²) in [6.45, 7) is 1.81. The summed E-state index contributed by atoms with van der Waals surface area (Å²) in [5.74, 6) is -0.929. The number of carbonyl (C=O) groups is 1. The van der Waals surface area contributed by atoms with E-state index in [1.54, 1.807) is 6.92 Å². The van der Waals surface area contributed by atoms with Gasteiger partial charge in [-0.1, -0.05) is 0 Å². The molecule has 19 heavy (non-hydrogen) atoms. The molecule has 4 N–H and O–H groups in total. The molecule has 0 radical (unpaired) electrons. The third-order valence-corrected chi connectivity index (χ3v) is 2.12. The number of nitrogens with one attached hydrogen (secondary N) is 2. The van der Waals surface area contributed by atoms with Crippen LogP contribution in [0.25, 0.3) is 5.82 Å². The van der Waals surface area contributed by atoms with E-state index in [0.717, 1.165) is 4.68 Å². The Morgan fingerprint density at radius 1 is 1.53 bits per heavy atom. The molecule has 0 amide bonds. The van der Waals surface area contributed by atoms with Gasteiger partial charge in [-0.25, -0.2) is 19.4 Å². The number of nitrogens with two attached hydrogens (primary N) is 1. The molecular formula is C9H10N6O4. The zero-order valence-electron chi connectivity index (χ0n) is 9.84. The number of aromatic nitrogens is 5. The molecule has 0 unspecified atom stereocenters. The van der Waals surface area contributed by atoms with Gasteiger partial charge >= 0.3 is 11.7 Å². The van der Waals surface area contributed by atoms with E-state index in [4.69, 9.17) is 10.5 Å². The van der Waals surface area contributed by atoms with Crippen LogP contribution in [0.15, 0.2) is 15.8 Å². The second-order valence-electron chi connectivity index (χ2n) is 3.43. The van der Waals surface area contributed by atoms with E-state index in [-0.39, 0.29) is 23.8 Å². The average Bonchev–Trinajstić information content (AvgIpc) is 2.71. The highest BCUT2D eigenvalue weighted by Gasteiger charge is 2.18. The van der Waals surface area contributed by atoms with Crippen LogP contribution in [0.5, 0.6) is 0 Å². The summed E-state index contributed by atoms with van der Waals surface area (Å²) in [6.07, 6.45) is 1.22. The first kappa shape index (κ1) is 12.5. The fraction of sp³-hybridized carbons (Fsp3) is 0.222. The lowest BCUT2D eigenvalue weighted by Gasteiger charge is -1.98. The summed E-state index contributed by atoms with van der Waals surface area (Å²) < 4.78 is 5.73. The molecule has 2 rings (SSSR count). The van der Waals surface area contributed by atoms with E-state index in [9.17, 15) is 14.4 Å². The smallest absolute Gasteiger partial charge is 0.361 e. The molecular weight excluding hydrogens is 256 g/mol. The zero-order valence-corrected chi connectivity index (χ0v) is 9.84. The number of aromatic amines is 2. The summed E-state index contributed by atoms with van der Waals surface area (Å²) in [5.41, 5.74) is 3.98. The highest BCUT2D eigenvalue weighted by Crippen LogP contribution is 2.11. The quantitative estimate of drug-likeness (QED) is 0.566. The van der Waals surface area contributed by atoms with Gasteiger partial charge < -0.3 is 10.5 Å². The predicted octanol–water partition coefficient (Wildman–Crippen LogP) is -1.60. The molecule has 0 aliphatic heterocycles. The van der Waals surface area contributed by atoms with Crippen molar-refractivity contribution in [1.82, 2.24) is 25.0 Å². The van der Waals surface area contributed by atoms with Gasteiger partial charge in [0.2, 0.25) is 5.82 Å². The maximum atomic E-state index is 11.5. The van der Waals surface area contributed by atoms with Crippen LogP contribution in [0.4, 0.5) is 5.69 Å². The molecule has 0 bridgehead atoms. The van der Waals surface area contributed by atoms with Crippen LogP contribution in [0.1, 0.15) is 17.4 Å². The highest BCUT2D eigenvalue weighted by atomic mass is 16.5. The van der Waals surface area contributed by atoms with Gasteiger partial charge in [-0.2, -0.15) is 5.10 Å².